The Morgan fingerprint density at radius 1 is 0.900 bits per heavy atom. The molecular weight excluding hydrogens is 396 g/mol. The molecule has 1 fully saturated rings. The Hall–Kier alpha value is -3.89. The lowest BCUT2D eigenvalue weighted by Gasteiger charge is -2.36. The number of hydrogen-bond acceptors (Lipinski definition) is 8. The summed E-state index contributed by atoms with van der Waals surface area (Å²) in [7, 11) is 2.75. The minimum Gasteiger partial charge on any atom is -0.493 e. The molecule has 0 N–H and O–H groups in total. The average Bonchev–Trinajstić information content (AvgIpc) is 2.77. The molecule has 11 nitrogen and oxygen atoms in total. The smallest absolute Gasteiger partial charge is 0.286 e. The minimum absolute atomic E-state index is 0.00771. The molecule has 0 atom stereocenters. The first-order chi connectivity index (χ1) is 14.3. The van der Waals surface area contributed by atoms with Crippen molar-refractivity contribution in [2.24, 2.45) is 0 Å². The van der Waals surface area contributed by atoms with Gasteiger partial charge in [-0.2, -0.15) is 0 Å². The first kappa shape index (κ1) is 20.8. The summed E-state index contributed by atoms with van der Waals surface area (Å²) < 4.78 is 10.3. The second-order valence-corrected chi connectivity index (χ2v) is 6.53. The van der Waals surface area contributed by atoms with Crippen LogP contribution < -0.4 is 14.4 Å². The van der Waals surface area contributed by atoms with Gasteiger partial charge >= 0.3 is 0 Å². The fourth-order valence-electron chi connectivity index (χ4n) is 3.31. The molecule has 1 saturated heterocycles. The third-order valence-electron chi connectivity index (χ3n) is 4.92. The van der Waals surface area contributed by atoms with E-state index in [2.05, 4.69) is 0 Å². The van der Waals surface area contributed by atoms with Crippen LogP contribution in [0.3, 0.4) is 0 Å². The number of nitro groups is 2. The lowest BCUT2D eigenvalue weighted by Crippen LogP contribution is -2.48. The van der Waals surface area contributed by atoms with Crippen molar-refractivity contribution >= 4 is 23.0 Å². The predicted octanol–water partition coefficient (Wildman–Crippen LogP) is 2.48. The number of non-ortho nitro benzene ring substituents is 1. The van der Waals surface area contributed by atoms with Crippen molar-refractivity contribution in [2.75, 3.05) is 45.3 Å². The molecule has 0 aliphatic carbocycles. The second-order valence-electron chi connectivity index (χ2n) is 6.53. The SMILES string of the molecule is COc1cc(C(=O)N2CCN(c3ccc([N+](=O)[O-])cc3)CC2)c([N+](=O)[O-])cc1OC. The van der Waals surface area contributed by atoms with Gasteiger partial charge in [0.2, 0.25) is 0 Å². The first-order valence-electron chi connectivity index (χ1n) is 9.04. The average molecular weight is 416 g/mol. The van der Waals surface area contributed by atoms with E-state index < -0.39 is 15.8 Å². The van der Waals surface area contributed by atoms with Crippen molar-refractivity contribution in [3.05, 3.63) is 62.2 Å². The van der Waals surface area contributed by atoms with Crippen LogP contribution in [0.25, 0.3) is 0 Å². The zero-order valence-corrected chi connectivity index (χ0v) is 16.4. The molecule has 158 valence electrons. The summed E-state index contributed by atoms with van der Waals surface area (Å²) in [6.07, 6.45) is 0. The largest absolute Gasteiger partial charge is 0.493 e. The second kappa shape index (κ2) is 8.64. The number of methoxy groups -OCH3 is 2. The van der Waals surface area contributed by atoms with Gasteiger partial charge in [0.1, 0.15) is 5.56 Å². The van der Waals surface area contributed by atoms with E-state index in [1.165, 1.54) is 43.4 Å². The number of nitro benzene ring substituents is 2. The highest BCUT2D eigenvalue weighted by molar-refractivity contribution is 5.99. The van der Waals surface area contributed by atoms with E-state index in [4.69, 9.17) is 9.47 Å². The molecule has 2 aromatic rings. The number of benzene rings is 2. The lowest BCUT2D eigenvalue weighted by atomic mass is 10.1. The summed E-state index contributed by atoms with van der Waals surface area (Å²) in [5, 5.41) is 22.3. The molecule has 0 aromatic heterocycles. The summed E-state index contributed by atoms with van der Waals surface area (Å²) in [4.78, 5) is 37.7. The molecular formula is C19H20N4O7. The van der Waals surface area contributed by atoms with Crippen LogP contribution in [0.1, 0.15) is 10.4 Å². The molecule has 0 saturated carbocycles. The highest BCUT2D eigenvalue weighted by Gasteiger charge is 2.30. The molecule has 0 unspecified atom stereocenters. The summed E-state index contributed by atoms with van der Waals surface area (Å²) in [6, 6.07) is 8.69. The molecule has 0 spiro atoms. The monoisotopic (exact) mass is 416 g/mol. The van der Waals surface area contributed by atoms with Crippen LogP contribution >= 0.6 is 0 Å². The van der Waals surface area contributed by atoms with Gasteiger partial charge < -0.3 is 19.3 Å². The highest BCUT2D eigenvalue weighted by atomic mass is 16.6. The van der Waals surface area contributed by atoms with Gasteiger partial charge in [0.25, 0.3) is 17.3 Å². The van der Waals surface area contributed by atoms with Gasteiger partial charge in [-0.3, -0.25) is 25.0 Å². The third-order valence-corrected chi connectivity index (χ3v) is 4.92. The number of amides is 1. The number of anilines is 1. The Morgan fingerprint density at radius 3 is 1.97 bits per heavy atom. The number of hydrogen-bond donors (Lipinski definition) is 0. The highest BCUT2D eigenvalue weighted by Crippen LogP contribution is 2.35. The van der Waals surface area contributed by atoms with Crippen LogP contribution in [0, 0.1) is 20.2 Å². The zero-order chi connectivity index (χ0) is 21.8. The van der Waals surface area contributed by atoms with Crippen LogP contribution in [-0.4, -0.2) is 61.1 Å². The molecule has 30 heavy (non-hydrogen) atoms. The maximum absolute atomic E-state index is 13.0. The number of carbonyl (C=O) groups excluding carboxylic acids is 1. The first-order valence-corrected chi connectivity index (χ1v) is 9.04. The quantitative estimate of drug-likeness (QED) is 0.519. The molecule has 2 aromatic carbocycles. The van der Waals surface area contributed by atoms with Crippen LogP contribution in [0.15, 0.2) is 36.4 Å². The Morgan fingerprint density at radius 2 is 1.47 bits per heavy atom. The summed E-state index contributed by atoms with van der Waals surface area (Å²) in [5.41, 5.74) is 0.398. The summed E-state index contributed by atoms with van der Waals surface area (Å²) in [6.45, 7) is 1.68. The molecule has 3 rings (SSSR count). The van der Waals surface area contributed by atoms with E-state index in [1.807, 2.05) is 4.90 Å². The van der Waals surface area contributed by atoms with E-state index in [1.54, 1.807) is 12.1 Å². The number of ether oxygens (including phenoxy) is 2. The van der Waals surface area contributed by atoms with Gasteiger partial charge in [-0.25, -0.2) is 0 Å². The molecule has 1 heterocycles. The van der Waals surface area contributed by atoms with Crippen molar-refractivity contribution in [1.82, 2.24) is 4.90 Å². The normalized spacial score (nSPS) is 13.7. The molecule has 1 aliphatic rings. The van der Waals surface area contributed by atoms with Crippen molar-refractivity contribution in [3.63, 3.8) is 0 Å². The predicted molar refractivity (Wildman–Crippen MR) is 107 cm³/mol. The van der Waals surface area contributed by atoms with Gasteiger partial charge in [0.15, 0.2) is 11.5 Å². The Bertz CT molecular complexity index is 970. The van der Waals surface area contributed by atoms with Gasteiger partial charge in [-0.15, -0.1) is 0 Å². The maximum atomic E-state index is 13.0. The number of carbonyl (C=O) groups is 1. The summed E-state index contributed by atoms with van der Waals surface area (Å²) in [5.74, 6) is -0.0642. The van der Waals surface area contributed by atoms with Crippen LogP contribution in [-0.2, 0) is 0 Å². The molecule has 1 amide bonds. The minimum atomic E-state index is -0.623. The Labute approximate surface area is 171 Å². The van der Waals surface area contributed by atoms with Crippen LogP contribution in [0.4, 0.5) is 17.1 Å². The molecule has 1 aliphatic heterocycles. The number of piperazine rings is 1. The van der Waals surface area contributed by atoms with Gasteiger partial charge in [0.05, 0.1) is 30.1 Å². The van der Waals surface area contributed by atoms with Crippen molar-refractivity contribution in [1.29, 1.82) is 0 Å². The molecule has 0 bridgehead atoms. The van der Waals surface area contributed by atoms with E-state index >= 15 is 0 Å². The van der Waals surface area contributed by atoms with E-state index in [0.29, 0.717) is 26.2 Å². The van der Waals surface area contributed by atoms with Gasteiger partial charge in [-0.05, 0) is 12.1 Å². The standard InChI is InChI=1S/C19H20N4O7/c1-29-17-11-15(16(23(27)28)12-18(17)30-2)19(24)21-9-7-20(8-10-21)13-3-5-14(6-4-13)22(25)26/h3-6,11-12H,7-10H2,1-2H3. The Balaban J connectivity index is 1.76. The van der Waals surface area contributed by atoms with Gasteiger partial charge in [-0.1, -0.05) is 0 Å². The van der Waals surface area contributed by atoms with Crippen molar-refractivity contribution in [3.8, 4) is 11.5 Å². The Kier molecular flexibility index (Phi) is 6.00. The number of nitrogens with zero attached hydrogens (tertiary/aromatic N) is 4. The van der Waals surface area contributed by atoms with E-state index in [0.717, 1.165) is 5.69 Å². The van der Waals surface area contributed by atoms with Gasteiger partial charge in [0, 0.05) is 50.1 Å². The third kappa shape index (κ3) is 4.09. The lowest BCUT2D eigenvalue weighted by molar-refractivity contribution is -0.385. The summed E-state index contributed by atoms with van der Waals surface area (Å²) >= 11 is 0. The maximum Gasteiger partial charge on any atom is 0.286 e. The van der Waals surface area contributed by atoms with Crippen LogP contribution in [0.5, 0.6) is 11.5 Å². The van der Waals surface area contributed by atoms with Crippen LogP contribution in [0.2, 0.25) is 0 Å². The number of rotatable bonds is 6. The van der Waals surface area contributed by atoms with E-state index in [-0.39, 0.29) is 28.4 Å². The fourth-order valence-corrected chi connectivity index (χ4v) is 3.31. The fraction of sp³-hybridized carbons (Fsp3) is 0.316. The van der Waals surface area contributed by atoms with E-state index in [9.17, 15) is 25.0 Å². The topological polar surface area (TPSA) is 128 Å². The molecule has 11 heteroatoms. The molecule has 0 radical (unpaired) electrons. The zero-order valence-electron chi connectivity index (χ0n) is 16.4. The van der Waals surface area contributed by atoms with Crippen molar-refractivity contribution in [2.45, 2.75) is 0 Å². The van der Waals surface area contributed by atoms with Crippen molar-refractivity contribution < 1.29 is 24.1 Å².